The van der Waals surface area contributed by atoms with Gasteiger partial charge >= 0.3 is 0 Å². The van der Waals surface area contributed by atoms with Gasteiger partial charge in [0.2, 0.25) is 0 Å². The van der Waals surface area contributed by atoms with Crippen molar-refractivity contribution in [1.29, 1.82) is 0 Å². The molecule has 3 heteroatoms. The normalized spacial score (nSPS) is 40.8. The van der Waals surface area contributed by atoms with Gasteiger partial charge in [0.05, 0.1) is 12.2 Å². The smallest absolute Gasteiger partial charge is 0.0608 e. The van der Waals surface area contributed by atoms with E-state index in [2.05, 4.69) is 70.1 Å². The van der Waals surface area contributed by atoms with Crippen molar-refractivity contribution in [2.75, 3.05) is 0 Å². The van der Waals surface area contributed by atoms with Gasteiger partial charge in [0, 0.05) is 33.5 Å². The van der Waals surface area contributed by atoms with Gasteiger partial charge in [0.15, 0.2) is 0 Å². The van der Waals surface area contributed by atoms with E-state index < -0.39 is 0 Å². The molecule has 1 unspecified atom stereocenters. The van der Waals surface area contributed by atoms with Gasteiger partial charge in [-0.2, -0.15) is 0 Å². The third kappa shape index (κ3) is 2.66. The molecule has 1 aromatic carbocycles. The van der Waals surface area contributed by atoms with Crippen LogP contribution in [0.1, 0.15) is 72.3 Å². The number of para-hydroxylation sites is 1. The fraction of sp³-hybridized carbons (Fsp3) is 0.643. The fourth-order valence-corrected chi connectivity index (χ4v) is 8.25. The van der Waals surface area contributed by atoms with Crippen molar-refractivity contribution in [3.8, 4) is 0 Å². The summed E-state index contributed by atoms with van der Waals surface area (Å²) in [6, 6.07) is 8.60. The summed E-state index contributed by atoms with van der Waals surface area (Å²) in [5, 5.41) is 24.5. The zero-order valence-electron chi connectivity index (χ0n) is 19.8. The summed E-state index contributed by atoms with van der Waals surface area (Å²) in [6.07, 6.45) is 6.17. The number of benzene rings is 1. The molecule has 3 N–H and O–H groups in total. The molecule has 1 heterocycles. The Morgan fingerprint density at radius 3 is 2.55 bits per heavy atom. The minimum Gasteiger partial charge on any atom is -0.393 e. The number of nitrogens with one attached hydrogen (secondary N) is 1. The monoisotopic (exact) mass is 421 g/mol. The molecule has 0 bridgehead atoms. The predicted molar refractivity (Wildman–Crippen MR) is 128 cm³/mol. The largest absolute Gasteiger partial charge is 0.393 e. The van der Waals surface area contributed by atoms with Crippen LogP contribution in [0.2, 0.25) is 0 Å². The topological polar surface area (TPSA) is 56.2 Å². The second-order valence-electron chi connectivity index (χ2n) is 11.4. The molecule has 3 aliphatic rings. The summed E-state index contributed by atoms with van der Waals surface area (Å²) in [4.78, 5) is 3.52. The summed E-state index contributed by atoms with van der Waals surface area (Å²) in [5.41, 5.74) is 4.99. The van der Waals surface area contributed by atoms with E-state index in [-0.39, 0.29) is 29.0 Å². The molecule has 7 atom stereocenters. The third-order valence-corrected chi connectivity index (χ3v) is 9.95. The van der Waals surface area contributed by atoms with E-state index in [1.807, 2.05) is 0 Å². The molecule has 0 amide bonds. The summed E-state index contributed by atoms with van der Waals surface area (Å²) >= 11 is 0. The zero-order valence-corrected chi connectivity index (χ0v) is 19.8. The Kier molecular flexibility index (Phi) is 4.95. The van der Waals surface area contributed by atoms with Gasteiger partial charge in [0.1, 0.15) is 0 Å². The number of aromatic amines is 1. The van der Waals surface area contributed by atoms with E-state index in [0.29, 0.717) is 17.8 Å². The summed E-state index contributed by atoms with van der Waals surface area (Å²) < 4.78 is 0. The van der Waals surface area contributed by atoms with E-state index >= 15 is 0 Å². The Morgan fingerprint density at radius 1 is 1.06 bits per heavy atom. The van der Waals surface area contributed by atoms with Gasteiger partial charge in [-0.15, -0.1) is 0 Å². The second-order valence-corrected chi connectivity index (χ2v) is 11.4. The highest BCUT2D eigenvalue weighted by atomic mass is 16.3. The number of H-pyrrole nitrogens is 1. The molecular weight excluding hydrogens is 382 g/mol. The average molecular weight is 422 g/mol. The molecule has 0 radical (unpaired) electrons. The molecule has 168 valence electrons. The molecular formula is C28H39NO2. The number of fused-ring (bicyclic) bond motifs is 1. The first-order valence-electron chi connectivity index (χ1n) is 12.4. The van der Waals surface area contributed by atoms with Gasteiger partial charge in [-0.05, 0) is 67.4 Å². The fourth-order valence-electron chi connectivity index (χ4n) is 8.25. The number of aliphatic hydroxyl groups excluding tert-OH is 2. The zero-order chi connectivity index (χ0) is 22.1. The second kappa shape index (κ2) is 7.22. The van der Waals surface area contributed by atoms with E-state index in [9.17, 15) is 10.2 Å². The highest BCUT2D eigenvalue weighted by Crippen LogP contribution is 2.71. The van der Waals surface area contributed by atoms with Crippen LogP contribution < -0.4 is 0 Å². The average Bonchev–Trinajstić information content (AvgIpc) is 3.17. The highest BCUT2D eigenvalue weighted by molar-refractivity contribution is 5.94. The molecule has 5 rings (SSSR count). The van der Waals surface area contributed by atoms with Crippen molar-refractivity contribution in [2.24, 2.45) is 34.5 Å². The minimum atomic E-state index is -0.356. The summed E-state index contributed by atoms with van der Waals surface area (Å²) in [6.45, 7) is 11.6. The van der Waals surface area contributed by atoms with Gasteiger partial charge in [0.25, 0.3) is 0 Å². The lowest BCUT2D eigenvalue weighted by atomic mass is 9.37. The molecule has 3 nitrogen and oxygen atoms in total. The van der Waals surface area contributed by atoms with E-state index in [4.69, 9.17) is 0 Å². The van der Waals surface area contributed by atoms with Crippen LogP contribution in [-0.4, -0.2) is 27.4 Å². The highest BCUT2D eigenvalue weighted by Gasteiger charge is 2.68. The van der Waals surface area contributed by atoms with Crippen molar-refractivity contribution in [3.05, 3.63) is 41.6 Å². The molecule has 31 heavy (non-hydrogen) atoms. The standard InChI is InChI=1S/C28H39NO2/c1-16(2)19-12-13-28-23(30)11-10-18(4)27(28,5)24(31)14-17(3)26(28)25(19)21-15-29-22-9-7-6-8-20(21)22/h6-9,15-18,23-24,26,29-31H,10-14H2,1-5H3/t17-,18-,23+,24-,26+,27-,28?/m1/s1. The molecule has 2 fully saturated rings. The Labute approximate surface area is 187 Å². The Bertz CT molecular complexity index is 1020. The van der Waals surface area contributed by atoms with Crippen LogP contribution in [0.4, 0.5) is 0 Å². The molecule has 2 saturated carbocycles. The lowest BCUT2D eigenvalue weighted by Crippen LogP contribution is -2.68. The number of allylic oxidation sites excluding steroid dienone is 2. The van der Waals surface area contributed by atoms with Crippen molar-refractivity contribution < 1.29 is 10.2 Å². The van der Waals surface area contributed by atoms with Crippen LogP contribution in [0.3, 0.4) is 0 Å². The lowest BCUT2D eigenvalue weighted by molar-refractivity contribution is -0.240. The van der Waals surface area contributed by atoms with Gasteiger partial charge in [-0.25, -0.2) is 0 Å². The maximum absolute atomic E-state index is 11.7. The van der Waals surface area contributed by atoms with Crippen LogP contribution in [0, 0.1) is 34.5 Å². The molecule has 1 aromatic heterocycles. The number of rotatable bonds is 2. The van der Waals surface area contributed by atoms with Crippen LogP contribution in [0.25, 0.3) is 16.5 Å². The summed E-state index contributed by atoms with van der Waals surface area (Å²) in [7, 11) is 0. The van der Waals surface area contributed by atoms with Crippen LogP contribution in [0.15, 0.2) is 36.0 Å². The van der Waals surface area contributed by atoms with Gasteiger partial charge < -0.3 is 15.2 Å². The van der Waals surface area contributed by atoms with Crippen LogP contribution >= 0.6 is 0 Å². The third-order valence-electron chi connectivity index (χ3n) is 9.95. The summed E-state index contributed by atoms with van der Waals surface area (Å²) in [5.74, 6) is 1.49. The Hall–Kier alpha value is -1.58. The van der Waals surface area contributed by atoms with E-state index in [0.717, 1.165) is 32.1 Å². The Balaban J connectivity index is 1.80. The molecule has 2 aromatic rings. The number of aromatic nitrogens is 1. The maximum atomic E-state index is 11.7. The quantitative estimate of drug-likeness (QED) is 0.543. The van der Waals surface area contributed by atoms with Crippen LogP contribution in [0.5, 0.6) is 0 Å². The number of hydrogen-bond donors (Lipinski definition) is 3. The maximum Gasteiger partial charge on any atom is 0.0608 e. The number of hydrogen-bond acceptors (Lipinski definition) is 2. The van der Waals surface area contributed by atoms with Crippen molar-refractivity contribution in [1.82, 2.24) is 4.98 Å². The van der Waals surface area contributed by atoms with Crippen molar-refractivity contribution >= 4 is 16.5 Å². The van der Waals surface area contributed by atoms with Crippen LogP contribution in [-0.2, 0) is 0 Å². The first kappa shape index (κ1) is 21.3. The van der Waals surface area contributed by atoms with Crippen molar-refractivity contribution in [3.63, 3.8) is 0 Å². The lowest BCUT2D eigenvalue weighted by Gasteiger charge is -2.68. The molecule has 1 spiro atoms. The number of aliphatic hydroxyl groups is 2. The molecule has 0 saturated heterocycles. The molecule has 0 aliphatic heterocycles. The van der Waals surface area contributed by atoms with Crippen molar-refractivity contribution in [2.45, 2.75) is 78.9 Å². The first-order valence-corrected chi connectivity index (χ1v) is 12.4. The van der Waals surface area contributed by atoms with E-state index in [1.54, 1.807) is 5.57 Å². The predicted octanol–water partition coefficient (Wildman–Crippen LogP) is 6.17. The van der Waals surface area contributed by atoms with E-state index in [1.165, 1.54) is 22.0 Å². The van der Waals surface area contributed by atoms with Gasteiger partial charge in [-0.1, -0.05) is 58.4 Å². The van der Waals surface area contributed by atoms with Gasteiger partial charge in [-0.3, -0.25) is 0 Å². The minimum absolute atomic E-state index is 0.262. The first-order chi connectivity index (χ1) is 14.7. The Morgan fingerprint density at radius 2 is 1.81 bits per heavy atom. The molecule has 3 aliphatic carbocycles. The SMILES string of the molecule is CC(C)C1=C(c2c[nH]c3ccccc23)[C@@H]2[C@H](C)C[C@@H](O)[C@@]3(C)[C@H](C)CC[C@H](O)C23CC1.